The van der Waals surface area contributed by atoms with Gasteiger partial charge in [0, 0.05) is 29.5 Å². The summed E-state index contributed by atoms with van der Waals surface area (Å²) in [7, 11) is 0. The van der Waals surface area contributed by atoms with Gasteiger partial charge in [-0.15, -0.1) is 0 Å². The molecule has 0 radical (unpaired) electrons. The van der Waals surface area contributed by atoms with Gasteiger partial charge in [-0.1, -0.05) is 11.6 Å². The molecule has 2 aliphatic carbocycles. The lowest BCUT2D eigenvalue weighted by molar-refractivity contribution is -0.138. The third kappa shape index (κ3) is 1.33. The minimum Gasteiger partial charge on any atom is -0.448 e. The molecule has 0 atom stereocenters. The van der Waals surface area contributed by atoms with Gasteiger partial charge < -0.3 is 15.2 Å². The van der Waals surface area contributed by atoms with Crippen molar-refractivity contribution in [3.05, 3.63) is 22.7 Å². The fourth-order valence-electron chi connectivity index (χ4n) is 2.57. The third-order valence-corrected chi connectivity index (χ3v) is 4.38. The Bertz CT molecular complexity index is 506. The normalized spacial score (nSPS) is 25.8. The summed E-state index contributed by atoms with van der Waals surface area (Å²) in [5, 5.41) is 0.698. The van der Waals surface area contributed by atoms with Crippen molar-refractivity contribution >= 4 is 11.6 Å². The lowest BCUT2D eigenvalue weighted by Crippen LogP contribution is -2.45. The zero-order valence-electron chi connectivity index (χ0n) is 9.46. The summed E-state index contributed by atoms with van der Waals surface area (Å²) in [6.45, 7) is 0. The van der Waals surface area contributed by atoms with E-state index in [4.69, 9.17) is 26.8 Å². The van der Waals surface area contributed by atoms with Crippen LogP contribution in [0.15, 0.2) is 12.1 Å². The maximum atomic E-state index is 6.27. The number of halogens is 1. The predicted molar refractivity (Wildman–Crippen MR) is 64.4 cm³/mol. The molecule has 0 amide bonds. The van der Waals surface area contributed by atoms with Crippen molar-refractivity contribution in [1.29, 1.82) is 0 Å². The number of benzene rings is 1. The number of nitrogens with two attached hydrogens (primary N) is 1. The van der Waals surface area contributed by atoms with E-state index in [1.165, 1.54) is 0 Å². The lowest BCUT2D eigenvalue weighted by Gasteiger charge is -2.35. The van der Waals surface area contributed by atoms with Crippen LogP contribution in [-0.4, -0.2) is 5.79 Å². The number of ether oxygens (including phenoxy) is 2. The first-order valence-electron chi connectivity index (χ1n) is 6.11. The van der Waals surface area contributed by atoms with Gasteiger partial charge in [-0.05, 0) is 30.9 Å². The van der Waals surface area contributed by atoms with Gasteiger partial charge in [-0.2, -0.15) is 0 Å². The van der Waals surface area contributed by atoms with Crippen LogP contribution in [-0.2, 0) is 5.54 Å². The smallest absolute Gasteiger partial charge is 0.251 e. The molecule has 1 spiro atoms. The fraction of sp³-hybridized carbons (Fsp3) is 0.538. The Kier molecular flexibility index (Phi) is 1.71. The highest BCUT2D eigenvalue weighted by Gasteiger charge is 2.49. The molecule has 4 rings (SSSR count). The lowest BCUT2D eigenvalue weighted by atomic mass is 9.91. The zero-order valence-corrected chi connectivity index (χ0v) is 10.2. The molecular weight excluding hydrogens is 238 g/mol. The van der Waals surface area contributed by atoms with Gasteiger partial charge in [0.05, 0.1) is 0 Å². The van der Waals surface area contributed by atoms with Gasteiger partial charge in [0.2, 0.25) is 0 Å². The standard InChI is InChI=1S/C13H14ClNO2/c14-9-7-11-10(6-8(9)12(15)4-5-12)16-13(17-11)2-1-3-13/h6-7H,1-5,15H2. The maximum absolute atomic E-state index is 6.27. The van der Waals surface area contributed by atoms with Crippen molar-refractivity contribution < 1.29 is 9.47 Å². The van der Waals surface area contributed by atoms with E-state index in [9.17, 15) is 0 Å². The number of hydrogen-bond donors (Lipinski definition) is 1. The molecule has 1 heterocycles. The second-order valence-electron chi connectivity index (χ2n) is 5.40. The molecule has 2 N–H and O–H groups in total. The van der Waals surface area contributed by atoms with Gasteiger partial charge in [0.1, 0.15) is 0 Å². The van der Waals surface area contributed by atoms with Crippen LogP contribution < -0.4 is 15.2 Å². The van der Waals surface area contributed by atoms with E-state index >= 15 is 0 Å². The van der Waals surface area contributed by atoms with E-state index < -0.39 is 5.79 Å². The quantitative estimate of drug-likeness (QED) is 0.835. The minimum atomic E-state index is -0.393. The molecule has 0 unspecified atom stereocenters. The maximum Gasteiger partial charge on any atom is 0.251 e. The van der Waals surface area contributed by atoms with Gasteiger partial charge >= 0.3 is 0 Å². The van der Waals surface area contributed by atoms with Crippen LogP contribution in [0, 0.1) is 0 Å². The van der Waals surface area contributed by atoms with E-state index in [1.54, 1.807) is 0 Å². The summed E-state index contributed by atoms with van der Waals surface area (Å²) in [5.74, 6) is 1.18. The van der Waals surface area contributed by atoms with Crippen LogP contribution in [0.3, 0.4) is 0 Å². The van der Waals surface area contributed by atoms with Crippen molar-refractivity contribution in [2.45, 2.75) is 43.4 Å². The monoisotopic (exact) mass is 251 g/mol. The summed E-state index contributed by atoms with van der Waals surface area (Å²) in [6, 6.07) is 3.82. The average molecular weight is 252 g/mol. The molecule has 1 aliphatic heterocycles. The Morgan fingerprint density at radius 2 is 1.71 bits per heavy atom. The summed E-state index contributed by atoms with van der Waals surface area (Å²) in [4.78, 5) is 0. The van der Waals surface area contributed by atoms with Crippen LogP contribution in [0.2, 0.25) is 5.02 Å². The van der Waals surface area contributed by atoms with Crippen LogP contribution in [0.25, 0.3) is 0 Å². The molecule has 3 aliphatic rings. The average Bonchev–Trinajstić information content (AvgIpc) is 2.86. The van der Waals surface area contributed by atoms with Gasteiger partial charge in [0.15, 0.2) is 11.5 Å². The highest BCUT2D eigenvalue weighted by molar-refractivity contribution is 6.31. The Balaban J connectivity index is 1.76. The molecule has 0 bridgehead atoms. The largest absolute Gasteiger partial charge is 0.448 e. The Morgan fingerprint density at radius 1 is 1.06 bits per heavy atom. The van der Waals surface area contributed by atoms with Crippen molar-refractivity contribution in [3.8, 4) is 11.5 Å². The van der Waals surface area contributed by atoms with Crippen molar-refractivity contribution in [3.63, 3.8) is 0 Å². The molecule has 2 fully saturated rings. The molecule has 0 aromatic heterocycles. The molecule has 17 heavy (non-hydrogen) atoms. The SMILES string of the molecule is NC1(c2cc3c(cc2Cl)OC2(CCC2)O3)CC1. The summed E-state index contributed by atoms with van der Waals surface area (Å²) < 4.78 is 11.8. The van der Waals surface area contributed by atoms with E-state index in [0.717, 1.165) is 49.2 Å². The topological polar surface area (TPSA) is 44.5 Å². The fourth-order valence-corrected chi connectivity index (χ4v) is 2.91. The molecular formula is C13H14ClNO2. The third-order valence-electron chi connectivity index (χ3n) is 4.07. The minimum absolute atomic E-state index is 0.231. The van der Waals surface area contributed by atoms with Crippen molar-refractivity contribution in [2.75, 3.05) is 0 Å². The van der Waals surface area contributed by atoms with Crippen LogP contribution >= 0.6 is 11.6 Å². The molecule has 0 saturated heterocycles. The zero-order chi connectivity index (χ0) is 11.7. The molecule has 4 heteroatoms. The second-order valence-corrected chi connectivity index (χ2v) is 5.81. The number of hydrogen-bond acceptors (Lipinski definition) is 3. The number of rotatable bonds is 1. The molecule has 90 valence electrons. The first-order chi connectivity index (χ1) is 8.10. The first kappa shape index (κ1) is 10.0. The second kappa shape index (κ2) is 2.90. The van der Waals surface area contributed by atoms with Crippen LogP contribution in [0.4, 0.5) is 0 Å². The highest BCUT2D eigenvalue weighted by atomic mass is 35.5. The van der Waals surface area contributed by atoms with Crippen molar-refractivity contribution in [2.24, 2.45) is 5.73 Å². The summed E-state index contributed by atoms with van der Waals surface area (Å²) in [5.41, 5.74) is 6.96. The van der Waals surface area contributed by atoms with Crippen molar-refractivity contribution in [1.82, 2.24) is 0 Å². The summed E-state index contributed by atoms with van der Waals surface area (Å²) >= 11 is 6.27. The Labute approximate surface area is 105 Å². The Hall–Kier alpha value is -0.930. The molecule has 2 saturated carbocycles. The van der Waals surface area contributed by atoms with E-state index in [-0.39, 0.29) is 5.54 Å². The summed E-state index contributed by atoms with van der Waals surface area (Å²) in [6.07, 6.45) is 5.08. The van der Waals surface area contributed by atoms with E-state index in [0.29, 0.717) is 5.02 Å². The molecule has 1 aromatic carbocycles. The predicted octanol–water partition coefficient (Wildman–Crippen LogP) is 2.94. The number of fused-ring (bicyclic) bond motifs is 1. The van der Waals surface area contributed by atoms with Gasteiger partial charge in [0.25, 0.3) is 5.79 Å². The van der Waals surface area contributed by atoms with E-state index in [1.807, 2.05) is 12.1 Å². The Morgan fingerprint density at radius 3 is 2.24 bits per heavy atom. The van der Waals surface area contributed by atoms with E-state index in [2.05, 4.69) is 0 Å². The molecule has 3 nitrogen and oxygen atoms in total. The van der Waals surface area contributed by atoms with Gasteiger partial charge in [-0.25, -0.2) is 0 Å². The van der Waals surface area contributed by atoms with Crippen LogP contribution in [0.5, 0.6) is 11.5 Å². The van der Waals surface area contributed by atoms with Crippen LogP contribution in [0.1, 0.15) is 37.7 Å². The highest BCUT2D eigenvalue weighted by Crippen LogP contribution is 2.53. The molecule has 1 aromatic rings. The first-order valence-corrected chi connectivity index (χ1v) is 6.49. The van der Waals surface area contributed by atoms with Gasteiger partial charge in [-0.3, -0.25) is 0 Å².